The zero-order valence-corrected chi connectivity index (χ0v) is 13.3. The molecule has 22 heavy (non-hydrogen) atoms. The van der Waals surface area contributed by atoms with Gasteiger partial charge in [0, 0.05) is 41.3 Å². The summed E-state index contributed by atoms with van der Waals surface area (Å²) in [4.78, 5) is 12.3. The zero-order valence-electron chi connectivity index (χ0n) is 13.3. The maximum atomic E-state index is 12.3. The van der Waals surface area contributed by atoms with Crippen molar-refractivity contribution in [1.82, 2.24) is 4.57 Å². The third kappa shape index (κ3) is 2.37. The van der Waals surface area contributed by atoms with Gasteiger partial charge in [0.1, 0.15) is 0 Å². The Morgan fingerprint density at radius 1 is 1.32 bits per heavy atom. The van der Waals surface area contributed by atoms with E-state index < -0.39 is 0 Å². The van der Waals surface area contributed by atoms with Crippen molar-refractivity contribution in [2.75, 3.05) is 11.9 Å². The molecule has 0 saturated carbocycles. The lowest BCUT2D eigenvalue weighted by molar-refractivity contribution is 0.0971. The monoisotopic (exact) mass is 294 g/mol. The Kier molecular flexibility index (Phi) is 3.88. The van der Waals surface area contributed by atoms with Gasteiger partial charge in [0.2, 0.25) is 0 Å². The van der Waals surface area contributed by atoms with E-state index in [4.69, 9.17) is 0 Å². The summed E-state index contributed by atoms with van der Waals surface area (Å²) < 4.78 is 2.25. The molecule has 0 radical (unpaired) electrons. The number of nitrogens with one attached hydrogen (secondary N) is 1. The first kappa shape index (κ1) is 14.6. The van der Waals surface area contributed by atoms with Gasteiger partial charge in [-0.15, -0.1) is 6.58 Å². The molecule has 1 heterocycles. The van der Waals surface area contributed by atoms with Crippen LogP contribution in [0.15, 0.2) is 36.9 Å². The lowest BCUT2D eigenvalue weighted by atomic mass is 9.94. The maximum Gasteiger partial charge on any atom is 0.164 e. The van der Waals surface area contributed by atoms with Crippen LogP contribution in [0.1, 0.15) is 40.2 Å². The fourth-order valence-corrected chi connectivity index (χ4v) is 3.32. The molecule has 3 nitrogen and oxygen atoms in total. The second-order valence-electron chi connectivity index (χ2n) is 5.86. The number of fused-ring (bicyclic) bond motifs is 1. The molecule has 1 N–H and O–H groups in total. The molecule has 0 spiro atoms. The Morgan fingerprint density at radius 3 is 2.91 bits per heavy atom. The summed E-state index contributed by atoms with van der Waals surface area (Å²) in [6.07, 6.45) is 4.44. The minimum atomic E-state index is 0.293. The topological polar surface area (TPSA) is 34.0 Å². The lowest BCUT2D eigenvalue weighted by Crippen LogP contribution is -2.13. The molecule has 0 saturated heterocycles. The van der Waals surface area contributed by atoms with E-state index in [0.717, 1.165) is 41.9 Å². The average molecular weight is 294 g/mol. The van der Waals surface area contributed by atoms with Crippen LogP contribution in [-0.2, 0) is 6.42 Å². The van der Waals surface area contributed by atoms with E-state index in [1.807, 2.05) is 12.1 Å². The van der Waals surface area contributed by atoms with Crippen molar-refractivity contribution < 1.29 is 4.79 Å². The predicted molar refractivity (Wildman–Crippen MR) is 91.2 cm³/mol. The van der Waals surface area contributed by atoms with Crippen LogP contribution in [0.4, 0.5) is 5.69 Å². The highest BCUT2D eigenvalue weighted by atomic mass is 16.1. The fourth-order valence-electron chi connectivity index (χ4n) is 3.32. The van der Waals surface area contributed by atoms with E-state index in [0.29, 0.717) is 12.2 Å². The predicted octanol–water partition coefficient (Wildman–Crippen LogP) is 4.21. The highest BCUT2D eigenvalue weighted by Gasteiger charge is 2.26. The van der Waals surface area contributed by atoms with Gasteiger partial charge in [-0.1, -0.05) is 12.1 Å². The van der Waals surface area contributed by atoms with Crippen LogP contribution in [0.25, 0.3) is 5.69 Å². The first-order chi connectivity index (χ1) is 10.6. The third-order valence-electron chi connectivity index (χ3n) is 4.46. The Morgan fingerprint density at radius 2 is 2.14 bits per heavy atom. The van der Waals surface area contributed by atoms with Crippen LogP contribution in [0.2, 0.25) is 0 Å². The molecule has 0 fully saturated rings. The molecular weight excluding hydrogens is 272 g/mol. The smallest absolute Gasteiger partial charge is 0.164 e. The third-order valence-corrected chi connectivity index (χ3v) is 4.46. The van der Waals surface area contributed by atoms with Crippen molar-refractivity contribution in [3.63, 3.8) is 0 Å². The summed E-state index contributed by atoms with van der Waals surface area (Å²) in [5.74, 6) is 0.293. The van der Waals surface area contributed by atoms with E-state index >= 15 is 0 Å². The average Bonchev–Trinajstić information content (AvgIpc) is 2.78. The summed E-state index contributed by atoms with van der Waals surface area (Å²) in [6, 6.07) is 8.34. The summed E-state index contributed by atoms with van der Waals surface area (Å²) in [5, 5.41) is 3.32. The minimum Gasteiger partial charge on any atom is -0.382 e. The lowest BCUT2D eigenvalue weighted by Gasteiger charge is -2.17. The number of rotatable bonds is 4. The fraction of sp³-hybridized carbons (Fsp3) is 0.316. The Balaban J connectivity index is 2.11. The van der Waals surface area contributed by atoms with Gasteiger partial charge in [0.15, 0.2) is 5.78 Å². The SMILES string of the molecule is C=CCNc1cccc(-n2c(C)c(C)c3c2CCCC3=O)c1. The molecule has 3 heteroatoms. The van der Waals surface area contributed by atoms with Gasteiger partial charge in [-0.25, -0.2) is 0 Å². The van der Waals surface area contributed by atoms with Gasteiger partial charge in [-0.3, -0.25) is 4.79 Å². The highest BCUT2D eigenvalue weighted by molar-refractivity contribution is 6.00. The summed E-state index contributed by atoms with van der Waals surface area (Å²) in [7, 11) is 0. The number of ketones is 1. The molecule has 1 aromatic carbocycles. The van der Waals surface area contributed by atoms with Crippen molar-refractivity contribution in [3.8, 4) is 5.69 Å². The van der Waals surface area contributed by atoms with Crippen LogP contribution < -0.4 is 5.32 Å². The number of Topliss-reactive ketones (excluding diaryl/α,β-unsaturated/α-hetero) is 1. The normalized spacial score (nSPS) is 13.8. The molecule has 1 aliphatic carbocycles. The number of benzene rings is 1. The van der Waals surface area contributed by atoms with Crippen molar-refractivity contribution in [1.29, 1.82) is 0 Å². The second kappa shape index (κ2) is 5.84. The Hall–Kier alpha value is -2.29. The highest BCUT2D eigenvalue weighted by Crippen LogP contribution is 2.32. The number of hydrogen-bond donors (Lipinski definition) is 1. The van der Waals surface area contributed by atoms with Crippen LogP contribution in [0.5, 0.6) is 0 Å². The van der Waals surface area contributed by atoms with Gasteiger partial charge in [-0.2, -0.15) is 0 Å². The minimum absolute atomic E-state index is 0.293. The first-order valence-corrected chi connectivity index (χ1v) is 7.82. The van der Waals surface area contributed by atoms with E-state index in [1.54, 1.807) is 0 Å². The maximum absolute atomic E-state index is 12.3. The van der Waals surface area contributed by atoms with Gasteiger partial charge < -0.3 is 9.88 Å². The standard InChI is InChI=1S/C19H22N2O/c1-4-11-20-15-7-5-8-16(12-15)21-14(3)13(2)19-17(21)9-6-10-18(19)22/h4-5,7-8,12,20H,1,6,9-11H2,2-3H3. The van der Waals surface area contributed by atoms with Crippen molar-refractivity contribution in [2.24, 2.45) is 0 Å². The van der Waals surface area contributed by atoms with E-state index in [2.05, 4.69) is 48.5 Å². The number of carbonyl (C=O) groups excluding carboxylic acids is 1. The van der Waals surface area contributed by atoms with E-state index in [9.17, 15) is 4.79 Å². The molecular formula is C19H22N2O. The molecule has 1 aromatic heterocycles. The van der Waals surface area contributed by atoms with Gasteiger partial charge >= 0.3 is 0 Å². The molecule has 114 valence electrons. The number of nitrogens with zero attached hydrogens (tertiary/aromatic N) is 1. The van der Waals surface area contributed by atoms with Gasteiger partial charge in [0.25, 0.3) is 0 Å². The summed E-state index contributed by atoms with van der Waals surface area (Å²) in [5.41, 5.74) is 6.61. The summed E-state index contributed by atoms with van der Waals surface area (Å²) >= 11 is 0. The zero-order chi connectivity index (χ0) is 15.7. The molecule has 0 atom stereocenters. The van der Waals surface area contributed by atoms with E-state index in [1.165, 1.54) is 11.4 Å². The first-order valence-electron chi connectivity index (χ1n) is 7.82. The quantitative estimate of drug-likeness (QED) is 0.857. The van der Waals surface area contributed by atoms with Crippen molar-refractivity contribution in [2.45, 2.75) is 33.1 Å². The van der Waals surface area contributed by atoms with Crippen LogP contribution in [-0.4, -0.2) is 16.9 Å². The Bertz CT molecular complexity index is 740. The van der Waals surface area contributed by atoms with Crippen molar-refractivity contribution >= 4 is 11.5 Å². The molecule has 1 aliphatic rings. The number of carbonyl (C=O) groups is 1. The molecule has 3 rings (SSSR count). The molecule has 2 aromatic rings. The number of anilines is 1. The second-order valence-corrected chi connectivity index (χ2v) is 5.86. The van der Waals surface area contributed by atoms with Crippen LogP contribution >= 0.6 is 0 Å². The number of aromatic nitrogens is 1. The Labute approximate surface area is 131 Å². The van der Waals surface area contributed by atoms with E-state index in [-0.39, 0.29) is 0 Å². The molecule has 0 unspecified atom stereocenters. The van der Waals surface area contributed by atoms with Crippen LogP contribution in [0, 0.1) is 13.8 Å². The largest absolute Gasteiger partial charge is 0.382 e. The molecule has 0 aliphatic heterocycles. The molecule has 0 amide bonds. The van der Waals surface area contributed by atoms with Crippen LogP contribution in [0.3, 0.4) is 0 Å². The number of hydrogen-bond acceptors (Lipinski definition) is 2. The van der Waals surface area contributed by atoms with Gasteiger partial charge in [-0.05, 0) is 50.5 Å². The molecule has 0 bridgehead atoms. The summed E-state index contributed by atoms with van der Waals surface area (Å²) in [6.45, 7) is 8.64. The van der Waals surface area contributed by atoms with Crippen molar-refractivity contribution in [3.05, 3.63) is 59.4 Å². The van der Waals surface area contributed by atoms with Gasteiger partial charge in [0.05, 0.1) is 0 Å².